The highest BCUT2D eigenvalue weighted by molar-refractivity contribution is 6.33. The van der Waals surface area contributed by atoms with E-state index in [4.69, 9.17) is 17.3 Å². The molecule has 1 saturated carbocycles. The van der Waals surface area contributed by atoms with Crippen molar-refractivity contribution in [1.82, 2.24) is 9.88 Å². The van der Waals surface area contributed by atoms with Gasteiger partial charge in [0, 0.05) is 13.6 Å². The van der Waals surface area contributed by atoms with Gasteiger partial charge < -0.3 is 10.6 Å². The zero-order valence-electron chi connectivity index (χ0n) is 9.98. The molecule has 2 unspecified atom stereocenters. The lowest BCUT2D eigenvalue weighted by molar-refractivity contribution is 0.0781. The summed E-state index contributed by atoms with van der Waals surface area (Å²) in [6, 6.07) is 3.19. The normalized spacial score (nSPS) is 22.3. The van der Waals surface area contributed by atoms with E-state index in [1.165, 1.54) is 6.42 Å². The quantitative estimate of drug-likeness (QED) is 0.897. The van der Waals surface area contributed by atoms with Crippen molar-refractivity contribution < 1.29 is 4.79 Å². The van der Waals surface area contributed by atoms with Gasteiger partial charge in [0.05, 0.1) is 5.02 Å². The van der Waals surface area contributed by atoms with Crippen LogP contribution in [0.1, 0.15) is 23.8 Å². The molecule has 1 aromatic heterocycles. The zero-order chi connectivity index (χ0) is 12.6. The molecule has 0 bridgehead atoms. The number of nitrogen functional groups attached to an aromatic ring is 1. The number of carbonyl (C=O) groups excluding carboxylic acids is 1. The van der Waals surface area contributed by atoms with Gasteiger partial charge in [0.15, 0.2) is 0 Å². The monoisotopic (exact) mass is 253 g/mol. The van der Waals surface area contributed by atoms with Crippen molar-refractivity contribution in [2.24, 2.45) is 11.8 Å². The van der Waals surface area contributed by atoms with Crippen LogP contribution in [-0.4, -0.2) is 29.4 Å². The van der Waals surface area contributed by atoms with Gasteiger partial charge in [-0.05, 0) is 30.4 Å². The van der Waals surface area contributed by atoms with E-state index in [-0.39, 0.29) is 11.6 Å². The van der Waals surface area contributed by atoms with E-state index in [9.17, 15) is 4.79 Å². The average Bonchev–Trinajstić information content (AvgIpc) is 2.96. The molecule has 1 aliphatic rings. The fraction of sp³-hybridized carbons (Fsp3) is 0.500. The number of nitrogens with two attached hydrogens (primary N) is 1. The number of hydrogen-bond donors (Lipinski definition) is 1. The van der Waals surface area contributed by atoms with Crippen LogP contribution < -0.4 is 5.73 Å². The summed E-state index contributed by atoms with van der Waals surface area (Å²) in [7, 11) is 1.77. The Bertz CT molecular complexity index is 449. The summed E-state index contributed by atoms with van der Waals surface area (Å²) in [6.45, 7) is 2.95. The van der Waals surface area contributed by atoms with Gasteiger partial charge in [0.1, 0.15) is 11.5 Å². The lowest BCUT2D eigenvalue weighted by Crippen LogP contribution is -2.30. The lowest BCUT2D eigenvalue weighted by atomic mass is 10.2. The molecule has 1 heterocycles. The van der Waals surface area contributed by atoms with Gasteiger partial charge in [-0.15, -0.1) is 0 Å². The molecule has 2 rings (SSSR count). The van der Waals surface area contributed by atoms with Crippen LogP contribution in [0.15, 0.2) is 12.1 Å². The first-order valence-electron chi connectivity index (χ1n) is 5.66. The highest BCUT2D eigenvalue weighted by atomic mass is 35.5. The largest absolute Gasteiger partial charge is 0.384 e. The van der Waals surface area contributed by atoms with Crippen molar-refractivity contribution in [2.75, 3.05) is 19.3 Å². The number of aromatic nitrogens is 1. The van der Waals surface area contributed by atoms with E-state index in [2.05, 4.69) is 11.9 Å². The van der Waals surface area contributed by atoms with Crippen LogP contribution in [0.25, 0.3) is 0 Å². The van der Waals surface area contributed by atoms with Crippen LogP contribution in [0.4, 0.5) is 5.82 Å². The first-order valence-corrected chi connectivity index (χ1v) is 6.04. The highest BCUT2D eigenvalue weighted by Crippen LogP contribution is 2.38. The highest BCUT2D eigenvalue weighted by Gasteiger charge is 2.34. The molecule has 1 fully saturated rings. The molecule has 1 aliphatic carbocycles. The number of halogens is 1. The number of rotatable bonds is 3. The molecule has 0 radical (unpaired) electrons. The predicted octanol–water partition coefficient (Wildman–Crippen LogP) is 2.05. The summed E-state index contributed by atoms with van der Waals surface area (Å²) in [4.78, 5) is 17.8. The molecule has 1 amide bonds. The van der Waals surface area contributed by atoms with Crippen molar-refractivity contribution in [3.63, 3.8) is 0 Å². The molecule has 4 nitrogen and oxygen atoms in total. The molecule has 0 spiro atoms. The van der Waals surface area contributed by atoms with Crippen molar-refractivity contribution in [2.45, 2.75) is 13.3 Å². The minimum Gasteiger partial charge on any atom is -0.384 e. The molecule has 2 atom stereocenters. The Morgan fingerprint density at radius 2 is 2.29 bits per heavy atom. The zero-order valence-corrected chi connectivity index (χ0v) is 10.7. The minimum atomic E-state index is -0.165. The van der Waals surface area contributed by atoms with E-state index in [0.717, 1.165) is 12.5 Å². The van der Waals surface area contributed by atoms with Gasteiger partial charge in [-0.3, -0.25) is 4.79 Å². The topological polar surface area (TPSA) is 59.2 Å². The summed E-state index contributed by atoms with van der Waals surface area (Å²) in [5.74, 6) is 1.48. The molecular weight excluding hydrogens is 238 g/mol. The van der Waals surface area contributed by atoms with E-state index in [0.29, 0.717) is 16.8 Å². The third kappa shape index (κ3) is 2.69. The molecule has 0 saturated heterocycles. The molecule has 0 aliphatic heterocycles. The van der Waals surface area contributed by atoms with Crippen LogP contribution in [0, 0.1) is 11.8 Å². The van der Waals surface area contributed by atoms with E-state index in [1.807, 2.05) is 0 Å². The van der Waals surface area contributed by atoms with Crippen molar-refractivity contribution in [3.8, 4) is 0 Å². The summed E-state index contributed by atoms with van der Waals surface area (Å²) in [5.41, 5.74) is 5.80. The van der Waals surface area contributed by atoms with Crippen LogP contribution in [0.5, 0.6) is 0 Å². The van der Waals surface area contributed by atoms with Gasteiger partial charge in [-0.25, -0.2) is 4.98 Å². The summed E-state index contributed by atoms with van der Waals surface area (Å²) >= 11 is 5.95. The average molecular weight is 254 g/mol. The number of anilines is 1. The molecule has 5 heteroatoms. The van der Waals surface area contributed by atoms with Crippen LogP contribution in [-0.2, 0) is 0 Å². The van der Waals surface area contributed by atoms with E-state index in [1.54, 1.807) is 24.1 Å². The minimum absolute atomic E-state index is 0.165. The van der Waals surface area contributed by atoms with Crippen LogP contribution in [0.2, 0.25) is 5.02 Å². The number of hydrogen-bond acceptors (Lipinski definition) is 3. The van der Waals surface area contributed by atoms with Gasteiger partial charge in [0.25, 0.3) is 5.91 Å². The smallest absolute Gasteiger partial charge is 0.273 e. The Morgan fingerprint density at radius 3 is 2.88 bits per heavy atom. The van der Waals surface area contributed by atoms with E-state index >= 15 is 0 Å². The summed E-state index contributed by atoms with van der Waals surface area (Å²) < 4.78 is 0. The van der Waals surface area contributed by atoms with Crippen molar-refractivity contribution in [3.05, 3.63) is 22.8 Å². The standard InChI is InChI=1S/C12H16ClN3O/c1-7-5-8(7)6-16(2)12(17)11-9(13)3-4-10(14)15-11/h3-4,7-8H,5-6H2,1-2H3,(H2,14,15). The molecule has 17 heavy (non-hydrogen) atoms. The van der Waals surface area contributed by atoms with Gasteiger partial charge >= 0.3 is 0 Å². The second-order valence-corrected chi connectivity index (χ2v) is 5.13. The van der Waals surface area contributed by atoms with Crippen LogP contribution >= 0.6 is 11.6 Å². The Hall–Kier alpha value is -1.29. The third-order valence-corrected chi connectivity index (χ3v) is 3.51. The summed E-state index contributed by atoms with van der Waals surface area (Å²) in [6.07, 6.45) is 1.19. The molecule has 0 aromatic carbocycles. The second-order valence-electron chi connectivity index (χ2n) is 4.73. The lowest BCUT2D eigenvalue weighted by Gasteiger charge is -2.17. The van der Waals surface area contributed by atoms with Crippen LogP contribution in [0.3, 0.4) is 0 Å². The molecule has 92 valence electrons. The Morgan fingerprint density at radius 1 is 1.65 bits per heavy atom. The maximum Gasteiger partial charge on any atom is 0.273 e. The van der Waals surface area contributed by atoms with Crippen molar-refractivity contribution in [1.29, 1.82) is 0 Å². The van der Waals surface area contributed by atoms with Gasteiger partial charge in [-0.2, -0.15) is 0 Å². The molecule has 1 aromatic rings. The number of nitrogens with zero attached hydrogens (tertiary/aromatic N) is 2. The first-order chi connectivity index (χ1) is 7.99. The Balaban J connectivity index is 2.10. The third-order valence-electron chi connectivity index (χ3n) is 3.20. The predicted molar refractivity (Wildman–Crippen MR) is 67.9 cm³/mol. The van der Waals surface area contributed by atoms with E-state index < -0.39 is 0 Å². The fourth-order valence-electron chi connectivity index (χ4n) is 1.88. The maximum absolute atomic E-state index is 12.1. The first kappa shape index (κ1) is 12.2. The van der Waals surface area contributed by atoms with Crippen molar-refractivity contribution >= 4 is 23.3 Å². The SMILES string of the molecule is CC1CC1CN(C)C(=O)c1nc(N)ccc1Cl. The number of carbonyl (C=O) groups is 1. The van der Waals surface area contributed by atoms with Gasteiger partial charge in [-0.1, -0.05) is 18.5 Å². The fourth-order valence-corrected chi connectivity index (χ4v) is 2.06. The summed E-state index contributed by atoms with van der Waals surface area (Å²) in [5, 5.41) is 0.347. The Kier molecular flexibility index (Phi) is 3.24. The maximum atomic E-state index is 12.1. The second kappa shape index (κ2) is 4.53. The number of pyridine rings is 1. The molecule has 2 N–H and O–H groups in total. The molecular formula is C12H16ClN3O. The Labute approximate surface area is 106 Å². The van der Waals surface area contributed by atoms with Gasteiger partial charge in [0.2, 0.25) is 0 Å². The number of amides is 1.